The van der Waals surface area contributed by atoms with E-state index in [-0.39, 0.29) is 5.82 Å². The van der Waals surface area contributed by atoms with Gasteiger partial charge < -0.3 is 15.0 Å². The number of nitrogens with zero attached hydrogens (tertiary/aromatic N) is 2. The average molecular weight is 327 g/mol. The number of para-hydroxylation sites is 2. The third kappa shape index (κ3) is 3.47. The van der Waals surface area contributed by atoms with E-state index in [2.05, 4.69) is 34.8 Å². The van der Waals surface area contributed by atoms with Gasteiger partial charge in [0.15, 0.2) is 0 Å². The van der Waals surface area contributed by atoms with Gasteiger partial charge in [-0.25, -0.2) is 9.37 Å². The summed E-state index contributed by atoms with van der Waals surface area (Å²) in [7, 11) is 0. The van der Waals surface area contributed by atoms with Crippen LogP contribution in [0.4, 0.5) is 4.39 Å². The smallest absolute Gasteiger partial charge is 0.124 e. The molecule has 0 saturated heterocycles. The molecule has 0 saturated carbocycles. The topological polar surface area (TPSA) is 50.1 Å². The first-order valence-electron chi connectivity index (χ1n) is 8.16. The Bertz CT molecular complexity index is 811. The van der Waals surface area contributed by atoms with Gasteiger partial charge in [-0.3, -0.25) is 0 Å². The number of hydrogen-bond donors (Lipinski definition) is 2. The summed E-state index contributed by atoms with van der Waals surface area (Å²) in [6, 6.07) is 14.3. The van der Waals surface area contributed by atoms with E-state index in [1.54, 1.807) is 12.1 Å². The van der Waals surface area contributed by atoms with Crippen LogP contribution in [-0.2, 0) is 6.54 Å². The van der Waals surface area contributed by atoms with Gasteiger partial charge in [0.2, 0.25) is 0 Å². The molecule has 0 spiro atoms. The van der Waals surface area contributed by atoms with E-state index in [1.165, 1.54) is 12.1 Å². The van der Waals surface area contributed by atoms with Gasteiger partial charge in [0, 0.05) is 12.6 Å². The number of aromatic nitrogens is 2. The maximum absolute atomic E-state index is 12.9. The monoisotopic (exact) mass is 327 g/mol. The first-order chi connectivity index (χ1) is 11.6. The number of aliphatic hydroxyl groups excluding tert-OH is 1. The molecule has 2 aromatic carbocycles. The minimum absolute atomic E-state index is 0.301. The fraction of sp³-hybridized carbons (Fsp3) is 0.316. The van der Waals surface area contributed by atoms with Crippen LogP contribution in [0, 0.1) is 5.82 Å². The average Bonchev–Trinajstić information content (AvgIpc) is 2.93. The van der Waals surface area contributed by atoms with Gasteiger partial charge in [-0.05, 0) is 43.7 Å². The number of rotatable bonds is 6. The SMILES string of the molecule is CC(C)n1c(CNC[C@H](O)c2ccc(F)cc2)nc2ccccc21. The maximum atomic E-state index is 12.9. The molecule has 0 aliphatic rings. The van der Waals surface area contributed by atoms with Crippen molar-refractivity contribution in [1.29, 1.82) is 0 Å². The fourth-order valence-electron chi connectivity index (χ4n) is 2.92. The van der Waals surface area contributed by atoms with Crippen LogP contribution in [-0.4, -0.2) is 21.2 Å². The quantitative estimate of drug-likeness (QED) is 0.727. The second-order valence-corrected chi connectivity index (χ2v) is 6.18. The van der Waals surface area contributed by atoms with Crippen LogP contribution in [0.1, 0.15) is 37.4 Å². The van der Waals surface area contributed by atoms with Gasteiger partial charge in [0.25, 0.3) is 0 Å². The molecule has 0 fully saturated rings. The lowest BCUT2D eigenvalue weighted by atomic mass is 10.1. The van der Waals surface area contributed by atoms with Crippen LogP contribution in [0.5, 0.6) is 0 Å². The van der Waals surface area contributed by atoms with Gasteiger partial charge in [-0.2, -0.15) is 0 Å². The zero-order valence-electron chi connectivity index (χ0n) is 13.9. The minimum atomic E-state index is -0.678. The lowest BCUT2D eigenvalue weighted by Gasteiger charge is -2.15. The molecule has 3 aromatic rings. The fourth-order valence-corrected chi connectivity index (χ4v) is 2.92. The van der Waals surface area contributed by atoms with Crippen LogP contribution in [0.2, 0.25) is 0 Å². The first-order valence-corrected chi connectivity index (χ1v) is 8.16. The van der Waals surface area contributed by atoms with E-state index in [0.29, 0.717) is 24.7 Å². The minimum Gasteiger partial charge on any atom is -0.387 e. The van der Waals surface area contributed by atoms with Crippen molar-refractivity contribution in [3.8, 4) is 0 Å². The van der Waals surface area contributed by atoms with Crippen LogP contribution in [0.15, 0.2) is 48.5 Å². The Morgan fingerprint density at radius 2 is 1.83 bits per heavy atom. The molecule has 0 aliphatic heterocycles. The number of aliphatic hydroxyl groups is 1. The number of fused-ring (bicyclic) bond motifs is 1. The van der Waals surface area contributed by atoms with E-state index in [4.69, 9.17) is 0 Å². The second-order valence-electron chi connectivity index (χ2n) is 6.18. The van der Waals surface area contributed by atoms with E-state index < -0.39 is 6.10 Å². The highest BCUT2D eigenvalue weighted by Gasteiger charge is 2.13. The molecule has 2 N–H and O–H groups in total. The Kier molecular flexibility index (Phi) is 4.92. The third-order valence-electron chi connectivity index (χ3n) is 4.06. The zero-order chi connectivity index (χ0) is 17.1. The van der Waals surface area contributed by atoms with Crippen LogP contribution < -0.4 is 5.32 Å². The molecular formula is C19H22FN3O. The lowest BCUT2D eigenvalue weighted by molar-refractivity contribution is 0.174. The molecule has 3 rings (SSSR count). The summed E-state index contributed by atoms with van der Waals surface area (Å²) in [5, 5.41) is 13.4. The van der Waals surface area contributed by atoms with Crippen molar-refractivity contribution < 1.29 is 9.50 Å². The van der Waals surface area contributed by atoms with Crippen molar-refractivity contribution >= 4 is 11.0 Å². The molecule has 5 heteroatoms. The standard InChI is InChI=1S/C19H22FN3O/c1-13(2)23-17-6-4-3-5-16(17)22-19(23)12-21-11-18(24)14-7-9-15(20)10-8-14/h3-10,13,18,21,24H,11-12H2,1-2H3/t18-/m0/s1. The summed E-state index contributed by atoms with van der Waals surface area (Å²) in [6.45, 7) is 5.20. The number of imidazole rings is 1. The van der Waals surface area contributed by atoms with Crippen molar-refractivity contribution in [3.05, 3.63) is 65.7 Å². The Morgan fingerprint density at radius 1 is 1.12 bits per heavy atom. The summed E-state index contributed by atoms with van der Waals surface area (Å²) in [5.74, 6) is 0.641. The van der Waals surface area contributed by atoms with Crippen molar-refractivity contribution in [2.24, 2.45) is 0 Å². The summed E-state index contributed by atoms with van der Waals surface area (Å²) >= 11 is 0. The second kappa shape index (κ2) is 7.11. The molecule has 0 radical (unpaired) electrons. The molecule has 126 valence electrons. The predicted octanol–water partition coefficient (Wildman–Crippen LogP) is 3.58. The number of nitrogens with one attached hydrogen (secondary N) is 1. The Balaban J connectivity index is 1.69. The van der Waals surface area contributed by atoms with Gasteiger partial charge in [-0.15, -0.1) is 0 Å². The van der Waals surface area contributed by atoms with Crippen molar-refractivity contribution in [3.63, 3.8) is 0 Å². The molecule has 0 amide bonds. The Morgan fingerprint density at radius 3 is 2.54 bits per heavy atom. The molecule has 4 nitrogen and oxygen atoms in total. The molecule has 1 heterocycles. The maximum Gasteiger partial charge on any atom is 0.124 e. The van der Waals surface area contributed by atoms with Crippen molar-refractivity contribution in [1.82, 2.24) is 14.9 Å². The predicted molar refractivity (Wildman–Crippen MR) is 93.2 cm³/mol. The molecule has 0 unspecified atom stereocenters. The molecule has 24 heavy (non-hydrogen) atoms. The Hall–Kier alpha value is -2.24. The third-order valence-corrected chi connectivity index (χ3v) is 4.06. The van der Waals surface area contributed by atoms with Crippen molar-refractivity contribution in [2.75, 3.05) is 6.54 Å². The van der Waals surface area contributed by atoms with E-state index in [9.17, 15) is 9.50 Å². The normalized spacial score (nSPS) is 12.9. The van der Waals surface area contributed by atoms with Gasteiger partial charge in [0.05, 0.1) is 23.7 Å². The highest BCUT2D eigenvalue weighted by atomic mass is 19.1. The van der Waals surface area contributed by atoms with Crippen molar-refractivity contribution in [2.45, 2.75) is 32.5 Å². The highest BCUT2D eigenvalue weighted by Crippen LogP contribution is 2.21. The largest absolute Gasteiger partial charge is 0.387 e. The van der Waals surface area contributed by atoms with E-state index >= 15 is 0 Å². The summed E-state index contributed by atoms with van der Waals surface area (Å²) in [6.07, 6.45) is -0.678. The molecule has 1 aromatic heterocycles. The molecular weight excluding hydrogens is 305 g/mol. The summed E-state index contributed by atoms with van der Waals surface area (Å²) < 4.78 is 15.1. The zero-order valence-corrected chi connectivity index (χ0v) is 13.9. The van der Waals surface area contributed by atoms with Crippen LogP contribution in [0.3, 0.4) is 0 Å². The van der Waals surface area contributed by atoms with E-state index in [0.717, 1.165) is 16.9 Å². The lowest BCUT2D eigenvalue weighted by Crippen LogP contribution is -2.23. The van der Waals surface area contributed by atoms with Crippen LogP contribution in [0.25, 0.3) is 11.0 Å². The number of benzene rings is 2. The molecule has 1 atom stereocenters. The Labute approximate surface area is 141 Å². The van der Waals surface area contributed by atoms with Crippen LogP contribution >= 0.6 is 0 Å². The molecule has 0 aliphatic carbocycles. The first kappa shape index (κ1) is 16.6. The summed E-state index contributed by atoms with van der Waals surface area (Å²) in [5.41, 5.74) is 2.78. The summed E-state index contributed by atoms with van der Waals surface area (Å²) in [4.78, 5) is 4.68. The highest BCUT2D eigenvalue weighted by molar-refractivity contribution is 5.76. The van der Waals surface area contributed by atoms with Gasteiger partial charge in [0.1, 0.15) is 11.6 Å². The molecule has 0 bridgehead atoms. The van der Waals surface area contributed by atoms with Gasteiger partial charge in [-0.1, -0.05) is 24.3 Å². The number of hydrogen-bond acceptors (Lipinski definition) is 3. The number of halogens is 1. The van der Waals surface area contributed by atoms with E-state index in [1.807, 2.05) is 18.2 Å². The van der Waals surface area contributed by atoms with Gasteiger partial charge >= 0.3 is 0 Å².